The predicted octanol–water partition coefficient (Wildman–Crippen LogP) is 3.58. The van der Waals surface area contributed by atoms with Crippen molar-refractivity contribution in [1.82, 2.24) is 0 Å². The topological polar surface area (TPSA) is 26.0 Å². The van der Waals surface area contributed by atoms with Crippen LogP contribution in [0.1, 0.15) is 37.2 Å². The third-order valence-electron chi connectivity index (χ3n) is 2.82. The first-order valence-electron chi connectivity index (χ1n) is 4.82. The van der Waals surface area contributed by atoms with Crippen molar-refractivity contribution >= 4 is 17.3 Å². The van der Waals surface area contributed by atoms with E-state index in [2.05, 4.69) is 0 Å². The molecule has 0 aliphatic heterocycles. The molecule has 1 fully saturated rings. The summed E-state index contributed by atoms with van der Waals surface area (Å²) in [4.78, 5) is 0. The lowest BCUT2D eigenvalue weighted by Crippen LogP contribution is -1.95. The maximum Gasteiger partial charge on any atom is 0.0442 e. The van der Waals surface area contributed by atoms with Gasteiger partial charge < -0.3 is 5.73 Å². The lowest BCUT2D eigenvalue weighted by molar-refractivity contribution is 0.724. The number of rotatable bonds is 1. The Hall–Kier alpha value is -0.690. The fourth-order valence-corrected chi connectivity index (χ4v) is 2.38. The molecular weight excluding hydrogens is 182 g/mol. The van der Waals surface area contributed by atoms with Crippen LogP contribution in [0.4, 0.5) is 5.69 Å². The van der Waals surface area contributed by atoms with Crippen molar-refractivity contribution in [3.63, 3.8) is 0 Å². The fraction of sp³-hybridized carbons (Fsp3) is 0.455. The third-order valence-corrected chi connectivity index (χ3v) is 3.16. The molecule has 2 N–H and O–H groups in total. The minimum absolute atomic E-state index is 0.649. The van der Waals surface area contributed by atoms with E-state index in [4.69, 9.17) is 17.3 Å². The zero-order valence-electron chi connectivity index (χ0n) is 7.59. The van der Waals surface area contributed by atoms with Gasteiger partial charge in [0.1, 0.15) is 0 Å². The quantitative estimate of drug-likeness (QED) is 0.682. The van der Waals surface area contributed by atoms with Crippen LogP contribution in [0.25, 0.3) is 0 Å². The zero-order chi connectivity index (χ0) is 9.26. The summed E-state index contributed by atoms with van der Waals surface area (Å²) < 4.78 is 0. The molecule has 0 aromatic heterocycles. The van der Waals surface area contributed by atoms with E-state index in [1.54, 1.807) is 0 Å². The highest BCUT2D eigenvalue weighted by molar-refractivity contribution is 6.31. The molecule has 13 heavy (non-hydrogen) atoms. The smallest absolute Gasteiger partial charge is 0.0442 e. The monoisotopic (exact) mass is 195 g/mol. The summed E-state index contributed by atoms with van der Waals surface area (Å²) in [5.74, 6) is 0.649. The Morgan fingerprint density at radius 3 is 2.62 bits per heavy atom. The summed E-state index contributed by atoms with van der Waals surface area (Å²) in [5.41, 5.74) is 7.81. The second-order valence-corrected chi connectivity index (χ2v) is 4.17. The van der Waals surface area contributed by atoms with E-state index in [-0.39, 0.29) is 0 Å². The lowest BCUT2D eigenvalue weighted by atomic mass is 9.97. The molecular formula is C11H14ClN. The van der Waals surface area contributed by atoms with Gasteiger partial charge in [-0.05, 0) is 42.5 Å². The first-order valence-corrected chi connectivity index (χ1v) is 5.20. The van der Waals surface area contributed by atoms with Gasteiger partial charge in [-0.3, -0.25) is 0 Å². The molecule has 0 spiro atoms. The lowest BCUT2D eigenvalue weighted by Gasteiger charge is -2.11. The van der Waals surface area contributed by atoms with Gasteiger partial charge in [0.05, 0.1) is 0 Å². The molecule has 0 heterocycles. The zero-order valence-corrected chi connectivity index (χ0v) is 8.35. The molecule has 2 rings (SSSR count). The van der Waals surface area contributed by atoms with Crippen molar-refractivity contribution in [1.29, 1.82) is 0 Å². The van der Waals surface area contributed by atoms with Crippen LogP contribution in [0, 0.1) is 0 Å². The Labute approximate surface area is 83.9 Å². The molecule has 1 aliphatic carbocycles. The molecule has 70 valence electrons. The average Bonchev–Trinajstić information content (AvgIpc) is 2.61. The van der Waals surface area contributed by atoms with Crippen molar-refractivity contribution in [2.75, 3.05) is 5.73 Å². The van der Waals surface area contributed by atoms with Gasteiger partial charge in [0.15, 0.2) is 0 Å². The molecule has 0 radical (unpaired) electrons. The Balaban J connectivity index is 2.32. The fourth-order valence-electron chi connectivity index (χ4n) is 2.11. The number of nitrogens with two attached hydrogens (primary N) is 1. The number of benzene rings is 1. The summed E-state index contributed by atoms with van der Waals surface area (Å²) in [5, 5.41) is 0.876. The molecule has 0 saturated heterocycles. The normalized spacial score (nSPS) is 17.9. The molecule has 0 bridgehead atoms. The highest BCUT2D eigenvalue weighted by Crippen LogP contribution is 2.38. The van der Waals surface area contributed by atoms with E-state index in [9.17, 15) is 0 Å². The number of anilines is 1. The molecule has 0 unspecified atom stereocenters. The number of hydrogen-bond acceptors (Lipinski definition) is 1. The van der Waals surface area contributed by atoms with Gasteiger partial charge in [-0.2, -0.15) is 0 Å². The Morgan fingerprint density at radius 1 is 1.23 bits per heavy atom. The van der Waals surface area contributed by atoms with Crippen molar-refractivity contribution in [3.05, 3.63) is 28.8 Å². The van der Waals surface area contributed by atoms with E-state index in [1.165, 1.54) is 31.2 Å². The van der Waals surface area contributed by atoms with Crippen molar-refractivity contribution in [3.8, 4) is 0 Å². The van der Waals surface area contributed by atoms with E-state index in [1.807, 2.05) is 18.2 Å². The van der Waals surface area contributed by atoms with E-state index < -0.39 is 0 Å². The van der Waals surface area contributed by atoms with Gasteiger partial charge in [-0.15, -0.1) is 0 Å². The minimum atomic E-state index is 0.649. The first-order chi connectivity index (χ1) is 6.27. The van der Waals surface area contributed by atoms with Gasteiger partial charge in [-0.25, -0.2) is 0 Å². The van der Waals surface area contributed by atoms with Crippen LogP contribution in [0.15, 0.2) is 18.2 Å². The number of hydrogen-bond donors (Lipinski definition) is 1. The SMILES string of the molecule is Nc1ccc(Cl)c(C2CCCC2)c1. The molecule has 1 aromatic carbocycles. The number of nitrogen functional groups attached to an aromatic ring is 1. The van der Waals surface area contributed by atoms with E-state index in [0.717, 1.165) is 10.7 Å². The van der Waals surface area contributed by atoms with Crippen LogP contribution < -0.4 is 5.73 Å². The van der Waals surface area contributed by atoms with Crippen LogP contribution in [-0.2, 0) is 0 Å². The number of halogens is 1. The summed E-state index contributed by atoms with van der Waals surface area (Å²) in [6.45, 7) is 0. The molecule has 0 amide bonds. The van der Waals surface area contributed by atoms with Crippen LogP contribution >= 0.6 is 11.6 Å². The Kier molecular flexibility index (Phi) is 2.45. The second-order valence-electron chi connectivity index (χ2n) is 3.76. The van der Waals surface area contributed by atoms with Crippen LogP contribution in [0.2, 0.25) is 5.02 Å². The Bertz CT molecular complexity index is 303. The van der Waals surface area contributed by atoms with Gasteiger partial charge in [0, 0.05) is 10.7 Å². The second kappa shape index (κ2) is 3.59. The van der Waals surface area contributed by atoms with Crippen molar-refractivity contribution in [2.45, 2.75) is 31.6 Å². The maximum atomic E-state index is 6.12. The third kappa shape index (κ3) is 1.80. The average molecular weight is 196 g/mol. The molecule has 1 aliphatic rings. The van der Waals surface area contributed by atoms with Crippen LogP contribution in [0.5, 0.6) is 0 Å². The highest BCUT2D eigenvalue weighted by atomic mass is 35.5. The van der Waals surface area contributed by atoms with E-state index >= 15 is 0 Å². The summed E-state index contributed by atoms with van der Waals surface area (Å²) in [7, 11) is 0. The van der Waals surface area contributed by atoms with Crippen LogP contribution in [-0.4, -0.2) is 0 Å². The van der Waals surface area contributed by atoms with Crippen molar-refractivity contribution in [2.24, 2.45) is 0 Å². The van der Waals surface area contributed by atoms with Crippen molar-refractivity contribution < 1.29 is 0 Å². The minimum Gasteiger partial charge on any atom is -0.399 e. The van der Waals surface area contributed by atoms with E-state index in [0.29, 0.717) is 5.92 Å². The predicted molar refractivity (Wildman–Crippen MR) is 57.1 cm³/mol. The molecule has 2 heteroatoms. The molecule has 0 atom stereocenters. The highest BCUT2D eigenvalue weighted by Gasteiger charge is 2.19. The molecule has 1 aromatic rings. The van der Waals surface area contributed by atoms with Gasteiger partial charge in [0.2, 0.25) is 0 Å². The maximum absolute atomic E-state index is 6.12. The summed E-state index contributed by atoms with van der Waals surface area (Å²) in [6.07, 6.45) is 5.19. The first kappa shape index (κ1) is 8.89. The van der Waals surface area contributed by atoms with Crippen LogP contribution in [0.3, 0.4) is 0 Å². The standard InChI is InChI=1S/C11H14ClN/c12-11-6-5-9(13)7-10(11)8-3-1-2-4-8/h5-8H,1-4,13H2. The van der Waals surface area contributed by atoms with Gasteiger partial charge in [-0.1, -0.05) is 24.4 Å². The van der Waals surface area contributed by atoms with Gasteiger partial charge >= 0.3 is 0 Å². The molecule has 1 nitrogen and oxygen atoms in total. The Morgan fingerprint density at radius 2 is 1.92 bits per heavy atom. The molecule has 1 saturated carbocycles. The largest absolute Gasteiger partial charge is 0.399 e. The summed E-state index contributed by atoms with van der Waals surface area (Å²) >= 11 is 6.12. The van der Waals surface area contributed by atoms with Gasteiger partial charge in [0.25, 0.3) is 0 Å². The summed E-state index contributed by atoms with van der Waals surface area (Å²) in [6, 6.07) is 5.80.